The van der Waals surface area contributed by atoms with Crippen LogP contribution in [0.15, 0.2) is 30.3 Å². The zero-order valence-corrected chi connectivity index (χ0v) is 20.8. The van der Waals surface area contributed by atoms with Gasteiger partial charge in [-0.3, -0.25) is 14.4 Å². The van der Waals surface area contributed by atoms with E-state index in [4.69, 9.17) is 5.73 Å². The molecule has 1 aromatic rings. The first-order chi connectivity index (χ1) is 16.1. The van der Waals surface area contributed by atoms with E-state index in [0.29, 0.717) is 31.6 Å². The van der Waals surface area contributed by atoms with E-state index in [1.807, 2.05) is 50.4 Å². The summed E-state index contributed by atoms with van der Waals surface area (Å²) in [5, 5.41) is 15.0. The molecule has 2 rings (SSSR count). The van der Waals surface area contributed by atoms with Gasteiger partial charge in [-0.15, -0.1) is 0 Å². The zero-order valence-electron chi connectivity index (χ0n) is 20.0. The van der Waals surface area contributed by atoms with Crippen LogP contribution < -0.4 is 16.4 Å². The van der Waals surface area contributed by atoms with Crippen LogP contribution in [-0.2, 0) is 25.6 Å². The largest absolute Gasteiger partial charge is 0.480 e. The third-order valence-electron chi connectivity index (χ3n) is 5.98. The van der Waals surface area contributed by atoms with E-state index in [9.17, 15) is 24.3 Å². The van der Waals surface area contributed by atoms with Crippen LogP contribution in [0.4, 0.5) is 0 Å². The second-order valence-corrected chi connectivity index (χ2v) is 9.88. The Bertz CT molecular complexity index is 851. The molecular formula is C24H36N4O5S. The van der Waals surface area contributed by atoms with E-state index in [1.165, 1.54) is 16.7 Å². The highest BCUT2D eigenvalue weighted by atomic mass is 32.2. The molecule has 3 amide bonds. The topological polar surface area (TPSA) is 142 Å². The van der Waals surface area contributed by atoms with Crippen molar-refractivity contribution < 1.29 is 24.3 Å². The zero-order chi connectivity index (χ0) is 25.3. The molecule has 188 valence electrons. The molecule has 0 spiro atoms. The number of carbonyl (C=O) groups excluding carboxylic acids is 3. The molecule has 1 aromatic carbocycles. The molecule has 0 saturated carbocycles. The molecule has 1 heterocycles. The smallest absolute Gasteiger partial charge is 0.326 e. The summed E-state index contributed by atoms with van der Waals surface area (Å²) in [6.07, 6.45) is 3.46. The minimum atomic E-state index is -1.05. The molecular weight excluding hydrogens is 456 g/mol. The van der Waals surface area contributed by atoms with Gasteiger partial charge in [-0.25, -0.2) is 4.79 Å². The van der Waals surface area contributed by atoms with Crippen molar-refractivity contribution in [1.82, 2.24) is 15.5 Å². The fourth-order valence-corrected chi connectivity index (χ4v) is 4.36. The van der Waals surface area contributed by atoms with Gasteiger partial charge in [-0.2, -0.15) is 11.8 Å². The number of amides is 3. The Balaban J connectivity index is 2.23. The molecule has 1 fully saturated rings. The first kappa shape index (κ1) is 27.7. The van der Waals surface area contributed by atoms with Gasteiger partial charge in [-0.05, 0) is 42.8 Å². The second kappa shape index (κ2) is 13.3. The fraction of sp³-hybridized carbons (Fsp3) is 0.583. The number of rotatable bonds is 12. The lowest BCUT2D eigenvalue weighted by Gasteiger charge is -2.29. The lowest BCUT2D eigenvalue weighted by atomic mass is 10.0. The maximum absolute atomic E-state index is 13.4. The molecule has 1 aliphatic rings. The summed E-state index contributed by atoms with van der Waals surface area (Å²) in [4.78, 5) is 52.2. The van der Waals surface area contributed by atoms with Crippen LogP contribution in [0.25, 0.3) is 0 Å². The number of hydrogen-bond acceptors (Lipinski definition) is 6. The molecule has 1 saturated heterocycles. The van der Waals surface area contributed by atoms with Crippen molar-refractivity contribution in [2.45, 2.75) is 63.7 Å². The SMILES string of the molecule is CSCCC(NC(=O)C(N)C(C)C)C(=O)NC(Cc1ccccc1)C(=O)N1CCCC1C(=O)O. The number of hydrogen-bond donors (Lipinski definition) is 4. The Labute approximate surface area is 205 Å². The quantitative estimate of drug-likeness (QED) is 0.341. The normalized spacial score (nSPS) is 18.3. The molecule has 34 heavy (non-hydrogen) atoms. The van der Waals surface area contributed by atoms with Crippen LogP contribution in [0.2, 0.25) is 0 Å². The van der Waals surface area contributed by atoms with Crippen molar-refractivity contribution in [3.05, 3.63) is 35.9 Å². The van der Waals surface area contributed by atoms with E-state index in [1.54, 1.807) is 0 Å². The highest BCUT2D eigenvalue weighted by Crippen LogP contribution is 2.20. The number of likely N-dealkylation sites (tertiary alicyclic amines) is 1. The first-order valence-corrected chi connectivity index (χ1v) is 13.0. The number of carboxylic acid groups (broad SMARTS) is 1. The third kappa shape index (κ3) is 7.73. The minimum Gasteiger partial charge on any atom is -0.480 e. The first-order valence-electron chi connectivity index (χ1n) is 11.6. The van der Waals surface area contributed by atoms with Gasteiger partial charge in [0, 0.05) is 13.0 Å². The molecule has 1 aliphatic heterocycles. The molecule has 5 N–H and O–H groups in total. The fourth-order valence-electron chi connectivity index (χ4n) is 3.88. The van der Waals surface area contributed by atoms with Crippen LogP contribution in [0.5, 0.6) is 0 Å². The predicted octanol–water partition coefficient (Wildman–Crippen LogP) is 1.01. The van der Waals surface area contributed by atoms with E-state index in [2.05, 4.69) is 10.6 Å². The van der Waals surface area contributed by atoms with Gasteiger partial charge in [-0.1, -0.05) is 44.2 Å². The summed E-state index contributed by atoms with van der Waals surface area (Å²) in [5.74, 6) is -1.87. The molecule has 0 radical (unpaired) electrons. The standard InChI is InChI=1S/C24H36N4O5S/c1-15(2)20(25)22(30)26-17(11-13-34-3)21(29)27-18(14-16-8-5-4-6-9-16)23(31)28-12-7-10-19(28)24(32)33/h4-6,8-9,15,17-20H,7,10-14,25H2,1-3H3,(H,26,30)(H,27,29)(H,32,33). The number of carbonyl (C=O) groups is 4. The Kier molecular flexibility index (Phi) is 10.8. The molecule has 4 atom stereocenters. The number of thioether (sulfide) groups is 1. The maximum Gasteiger partial charge on any atom is 0.326 e. The number of aliphatic carboxylic acids is 1. The molecule has 0 aliphatic carbocycles. The van der Waals surface area contributed by atoms with Gasteiger partial charge in [0.25, 0.3) is 0 Å². The van der Waals surface area contributed by atoms with Gasteiger partial charge >= 0.3 is 5.97 Å². The summed E-state index contributed by atoms with van der Waals surface area (Å²) in [7, 11) is 0. The number of nitrogens with two attached hydrogens (primary N) is 1. The summed E-state index contributed by atoms with van der Waals surface area (Å²) in [6.45, 7) is 3.97. The second-order valence-electron chi connectivity index (χ2n) is 8.89. The van der Waals surface area contributed by atoms with Crippen LogP contribution in [0, 0.1) is 5.92 Å². The Hall–Kier alpha value is -2.59. The molecule has 0 bridgehead atoms. The summed E-state index contributed by atoms with van der Waals surface area (Å²) >= 11 is 1.54. The average Bonchev–Trinajstić information content (AvgIpc) is 3.31. The minimum absolute atomic E-state index is 0.0974. The molecule has 10 heteroatoms. The van der Waals surface area contributed by atoms with Crippen molar-refractivity contribution in [2.75, 3.05) is 18.6 Å². The Morgan fingerprint density at radius 2 is 1.76 bits per heavy atom. The highest BCUT2D eigenvalue weighted by molar-refractivity contribution is 7.98. The maximum atomic E-state index is 13.4. The molecule has 4 unspecified atom stereocenters. The summed E-state index contributed by atoms with van der Waals surface area (Å²) in [5.41, 5.74) is 6.78. The van der Waals surface area contributed by atoms with Crippen molar-refractivity contribution in [2.24, 2.45) is 11.7 Å². The van der Waals surface area contributed by atoms with Crippen LogP contribution >= 0.6 is 11.8 Å². The van der Waals surface area contributed by atoms with Crippen LogP contribution in [0.3, 0.4) is 0 Å². The van der Waals surface area contributed by atoms with Gasteiger partial charge in [0.05, 0.1) is 6.04 Å². The van der Waals surface area contributed by atoms with Gasteiger partial charge in [0.1, 0.15) is 18.1 Å². The summed E-state index contributed by atoms with van der Waals surface area (Å²) < 4.78 is 0. The monoisotopic (exact) mass is 492 g/mol. The van der Waals surface area contributed by atoms with Crippen LogP contribution in [0.1, 0.15) is 38.7 Å². The highest BCUT2D eigenvalue weighted by Gasteiger charge is 2.38. The Morgan fingerprint density at radius 1 is 1.12 bits per heavy atom. The van der Waals surface area contributed by atoms with Crippen molar-refractivity contribution in [3.8, 4) is 0 Å². The third-order valence-corrected chi connectivity index (χ3v) is 6.63. The van der Waals surface area contributed by atoms with Crippen molar-refractivity contribution in [3.63, 3.8) is 0 Å². The predicted molar refractivity (Wildman–Crippen MR) is 132 cm³/mol. The van der Waals surface area contributed by atoms with E-state index < -0.39 is 47.9 Å². The van der Waals surface area contributed by atoms with Crippen molar-refractivity contribution >= 4 is 35.5 Å². The molecule has 0 aromatic heterocycles. The number of nitrogens with zero attached hydrogens (tertiary/aromatic N) is 1. The van der Waals surface area contributed by atoms with Crippen molar-refractivity contribution in [1.29, 1.82) is 0 Å². The van der Waals surface area contributed by atoms with Gasteiger partial charge < -0.3 is 26.4 Å². The van der Waals surface area contributed by atoms with Gasteiger partial charge in [0.15, 0.2) is 0 Å². The summed E-state index contributed by atoms with van der Waals surface area (Å²) in [6, 6.07) is 5.75. The number of benzene rings is 1. The number of carboxylic acids is 1. The Morgan fingerprint density at radius 3 is 2.35 bits per heavy atom. The van der Waals surface area contributed by atoms with Gasteiger partial charge in [0.2, 0.25) is 17.7 Å². The molecule has 9 nitrogen and oxygen atoms in total. The van der Waals surface area contributed by atoms with E-state index >= 15 is 0 Å². The van der Waals surface area contributed by atoms with Crippen LogP contribution in [-0.4, -0.2) is 76.4 Å². The lowest BCUT2D eigenvalue weighted by Crippen LogP contribution is -2.58. The van der Waals surface area contributed by atoms with E-state index in [-0.39, 0.29) is 12.3 Å². The lowest BCUT2D eigenvalue weighted by molar-refractivity contribution is -0.149. The van der Waals surface area contributed by atoms with E-state index in [0.717, 1.165) is 5.56 Å². The average molecular weight is 493 g/mol. The number of nitrogens with one attached hydrogen (secondary N) is 2.